The maximum absolute atomic E-state index is 10.3. The molecule has 0 bridgehead atoms. The third kappa shape index (κ3) is 3.94. The van der Waals surface area contributed by atoms with Crippen LogP contribution in [0.5, 0.6) is 23.0 Å². The minimum Gasteiger partial charge on any atom is -0.508 e. The zero-order valence-corrected chi connectivity index (χ0v) is 16.0. The first-order valence-corrected chi connectivity index (χ1v) is 9.38. The van der Waals surface area contributed by atoms with E-state index in [2.05, 4.69) is 0 Å². The van der Waals surface area contributed by atoms with Crippen molar-refractivity contribution in [3.8, 4) is 34.3 Å². The van der Waals surface area contributed by atoms with Gasteiger partial charge in [-0.2, -0.15) is 0 Å². The van der Waals surface area contributed by atoms with Gasteiger partial charge in [0.15, 0.2) is 0 Å². The average Bonchev–Trinajstić information content (AvgIpc) is 2.74. The van der Waals surface area contributed by atoms with Gasteiger partial charge < -0.3 is 45.2 Å². The van der Waals surface area contributed by atoms with Crippen LogP contribution in [0, 0.1) is 0 Å². The summed E-state index contributed by atoms with van der Waals surface area (Å²) in [4.78, 5) is 0. The van der Waals surface area contributed by atoms with Crippen molar-refractivity contribution in [1.29, 1.82) is 0 Å². The van der Waals surface area contributed by atoms with Crippen molar-refractivity contribution < 1.29 is 49.6 Å². The van der Waals surface area contributed by atoms with Crippen molar-refractivity contribution in [2.75, 3.05) is 6.61 Å². The molecule has 0 aliphatic carbocycles. The number of rotatable bonds is 4. The van der Waals surface area contributed by atoms with E-state index in [9.17, 15) is 35.7 Å². The van der Waals surface area contributed by atoms with Crippen LogP contribution in [0.1, 0.15) is 0 Å². The summed E-state index contributed by atoms with van der Waals surface area (Å²) in [7, 11) is 0. The second-order valence-electron chi connectivity index (χ2n) is 7.18. The smallest absolute Gasteiger partial charge is 0.402 e. The van der Waals surface area contributed by atoms with Gasteiger partial charge in [0.25, 0.3) is 0 Å². The van der Waals surface area contributed by atoms with Gasteiger partial charge in [-0.25, -0.2) is 4.42 Å². The van der Waals surface area contributed by atoms with Gasteiger partial charge in [-0.15, -0.1) is 0 Å². The number of ether oxygens (including phenoxy) is 2. The highest BCUT2D eigenvalue weighted by Gasteiger charge is 2.45. The topological polar surface area (TPSA) is 171 Å². The van der Waals surface area contributed by atoms with Crippen LogP contribution in [0.4, 0.5) is 0 Å². The Labute approximate surface area is 175 Å². The number of phenolic OH excluding ortho intramolecular Hbond substituents is 3. The molecule has 0 amide bonds. The van der Waals surface area contributed by atoms with Crippen LogP contribution in [0.2, 0.25) is 0 Å². The lowest BCUT2D eigenvalue weighted by molar-refractivity contribution is -0.277. The highest BCUT2D eigenvalue weighted by Crippen LogP contribution is 2.40. The van der Waals surface area contributed by atoms with Crippen LogP contribution in [0.25, 0.3) is 22.3 Å². The van der Waals surface area contributed by atoms with Gasteiger partial charge in [-0.1, -0.05) is 0 Å². The van der Waals surface area contributed by atoms with Gasteiger partial charge in [0, 0.05) is 12.1 Å². The molecular weight excluding hydrogens is 412 g/mol. The van der Waals surface area contributed by atoms with E-state index in [-0.39, 0.29) is 39.7 Å². The number of fused-ring (bicyclic) bond motifs is 1. The van der Waals surface area contributed by atoms with E-state index in [1.54, 1.807) is 0 Å². The van der Waals surface area contributed by atoms with Crippen LogP contribution < -0.4 is 4.74 Å². The molecule has 10 nitrogen and oxygen atoms in total. The Kier molecular flexibility index (Phi) is 5.56. The SMILES string of the molecule is OC[C@H]1O[C@H](Oc2cc3c(O)cc(O)cc3[o+]c2-c2ccc(O)cc2)[C@H](O)[C@H](O)[C@@H]1O. The maximum atomic E-state index is 10.3. The first kappa shape index (κ1) is 21.1. The third-order valence-electron chi connectivity index (χ3n) is 5.04. The molecule has 7 N–H and O–H groups in total. The molecule has 2 heterocycles. The van der Waals surface area contributed by atoms with Crippen LogP contribution in [-0.2, 0) is 4.74 Å². The van der Waals surface area contributed by atoms with Crippen molar-refractivity contribution in [3.63, 3.8) is 0 Å². The summed E-state index contributed by atoms with van der Waals surface area (Å²) in [6.07, 6.45) is -7.52. The van der Waals surface area contributed by atoms with Crippen molar-refractivity contribution in [3.05, 3.63) is 42.5 Å². The van der Waals surface area contributed by atoms with Crippen molar-refractivity contribution in [1.82, 2.24) is 0 Å². The lowest BCUT2D eigenvalue weighted by Crippen LogP contribution is -2.60. The predicted molar refractivity (Wildman–Crippen MR) is 105 cm³/mol. The lowest BCUT2D eigenvalue weighted by Gasteiger charge is -2.39. The Bertz CT molecular complexity index is 1080. The zero-order valence-electron chi connectivity index (χ0n) is 16.0. The Hall–Kier alpha value is -3.15. The fourth-order valence-electron chi connectivity index (χ4n) is 3.38. The minimum atomic E-state index is -1.66. The summed E-state index contributed by atoms with van der Waals surface area (Å²) in [5.74, 6) is -0.420. The highest BCUT2D eigenvalue weighted by atomic mass is 16.7. The normalized spacial score (nSPS) is 26.1. The van der Waals surface area contributed by atoms with Gasteiger partial charge in [0.1, 0.15) is 47.1 Å². The highest BCUT2D eigenvalue weighted by molar-refractivity contribution is 5.88. The summed E-state index contributed by atoms with van der Waals surface area (Å²) in [5, 5.41) is 69.4. The molecule has 1 aliphatic rings. The van der Waals surface area contributed by atoms with Gasteiger partial charge in [-0.3, -0.25) is 0 Å². The minimum absolute atomic E-state index is 0.0104. The van der Waals surface area contributed by atoms with Gasteiger partial charge in [0.05, 0.1) is 18.2 Å². The van der Waals surface area contributed by atoms with Crippen LogP contribution in [0.15, 0.2) is 46.9 Å². The lowest BCUT2D eigenvalue weighted by atomic mass is 9.99. The van der Waals surface area contributed by atoms with Gasteiger partial charge in [0.2, 0.25) is 12.0 Å². The summed E-state index contributed by atoms with van der Waals surface area (Å²) < 4.78 is 17.0. The molecule has 0 radical (unpaired) electrons. The van der Waals surface area contributed by atoms with E-state index in [0.717, 1.165) is 6.07 Å². The van der Waals surface area contributed by atoms with E-state index >= 15 is 0 Å². The molecular formula is C21H21O10+. The second-order valence-corrected chi connectivity index (χ2v) is 7.18. The van der Waals surface area contributed by atoms with E-state index < -0.39 is 37.3 Å². The summed E-state index contributed by atoms with van der Waals surface area (Å²) in [6, 6.07) is 9.66. The number of aromatic hydroxyl groups is 3. The number of phenols is 3. The van der Waals surface area contributed by atoms with E-state index in [0.29, 0.717) is 5.56 Å². The Balaban J connectivity index is 1.81. The van der Waals surface area contributed by atoms with Crippen LogP contribution >= 0.6 is 0 Å². The fourth-order valence-corrected chi connectivity index (χ4v) is 3.38. The van der Waals surface area contributed by atoms with Crippen molar-refractivity contribution in [2.24, 2.45) is 0 Å². The van der Waals surface area contributed by atoms with Crippen molar-refractivity contribution >= 4 is 11.0 Å². The zero-order chi connectivity index (χ0) is 22.3. The molecule has 4 rings (SSSR count). The van der Waals surface area contributed by atoms with Crippen LogP contribution in [-0.4, -0.2) is 73.1 Å². The number of hydrogen-bond acceptors (Lipinski definition) is 9. The summed E-state index contributed by atoms with van der Waals surface area (Å²) in [6.45, 7) is -0.627. The monoisotopic (exact) mass is 433 g/mol. The predicted octanol–water partition coefficient (Wildman–Crippen LogP) is 0.676. The number of aliphatic hydroxyl groups excluding tert-OH is 4. The quantitative estimate of drug-likeness (QED) is 0.290. The second kappa shape index (κ2) is 8.17. The molecule has 5 atom stereocenters. The molecule has 1 fully saturated rings. The third-order valence-corrected chi connectivity index (χ3v) is 5.04. The maximum Gasteiger partial charge on any atom is 0.402 e. The van der Waals surface area contributed by atoms with Crippen LogP contribution in [0.3, 0.4) is 0 Å². The van der Waals surface area contributed by atoms with E-state index in [1.165, 1.54) is 36.4 Å². The average molecular weight is 433 g/mol. The number of benzene rings is 2. The summed E-state index contributed by atoms with van der Waals surface area (Å²) in [5.41, 5.74) is 0.573. The Morgan fingerprint density at radius 1 is 0.871 bits per heavy atom. The molecule has 1 aromatic heterocycles. The molecule has 2 aromatic carbocycles. The number of hydrogen-bond donors (Lipinski definition) is 7. The Morgan fingerprint density at radius 2 is 1.58 bits per heavy atom. The molecule has 164 valence electrons. The molecule has 1 aliphatic heterocycles. The van der Waals surface area contributed by atoms with Gasteiger partial charge >= 0.3 is 11.3 Å². The van der Waals surface area contributed by atoms with E-state index in [4.69, 9.17) is 13.9 Å². The Morgan fingerprint density at radius 3 is 2.26 bits per heavy atom. The largest absolute Gasteiger partial charge is 0.508 e. The standard InChI is InChI=1S/C21H20O10/c22-8-16-17(26)18(27)19(28)21(31-16)30-15-7-12-13(25)5-11(24)6-14(12)29-20(15)9-1-3-10(23)4-2-9/h1-7,16-19,21-22,26-28H,8H2,(H2-,23,24,25)/p+1/t16-,17-,18-,19-,21+/m1/s1. The molecule has 0 saturated carbocycles. The van der Waals surface area contributed by atoms with Crippen molar-refractivity contribution in [2.45, 2.75) is 30.7 Å². The molecule has 0 unspecified atom stereocenters. The van der Waals surface area contributed by atoms with Gasteiger partial charge in [-0.05, 0) is 24.3 Å². The summed E-state index contributed by atoms with van der Waals surface area (Å²) >= 11 is 0. The number of aliphatic hydroxyl groups is 4. The molecule has 10 heteroatoms. The fraction of sp³-hybridized carbons (Fsp3) is 0.286. The molecule has 31 heavy (non-hydrogen) atoms. The first-order valence-electron chi connectivity index (χ1n) is 9.38. The first-order chi connectivity index (χ1) is 14.8. The van der Waals surface area contributed by atoms with E-state index in [1.807, 2.05) is 0 Å². The molecule has 1 saturated heterocycles. The molecule has 3 aromatic rings. The molecule has 0 spiro atoms.